The van der Waals surface area contributed by atoms with Gasteiger partial charge in [-0.05, 0) is 18.6 Å². The molecule has 0 aliphatic heterocycles. The summed E-state index contributed by atoms with van der Waals surface area (Å²) in [5.74, 6) is 0.516. The first-order chi connectivity index (χ1) is 15.0. The average Bonchev–Trinajstić information content (AvgIpc) is 3.42. The SMILES string of the molecule is CCCOC(=O)n1cc(NC(=O)CCN(C=O)c2cccc(-c3noc(C)n3)c2)cn1. The fraction of sp³-hybridized carbons (Fsp3) is 0.300. The highest BCUT2D eigenvalue weighted by Crippen LogP contribution is 2.22. The summed E-state index contributed by atoms with van der Waals surface area (Å²) in [6.45, 7) is 4.01. The van der Waals surface area contributed by atoms with Crippen LogP contribution in [-0.4, -0.2) is 51.5 Å². The van der Waals surface area contributed by atoms with Gasteiger partial charge in [0.15, 0.2) is 0 Å². The molecule has 2 aromatic heterocycles. The molecule has 11 heteroatoms. The van der Waals surface area contributed by atoms with Crippen molar-refractivity contribution in [2.24, 2.45) is 0 Å². The summed E-state index contributed by atoms with van der Waals surface area (Å²) in [5, 5.41) is 10.4. The Morgan fingerprint density at radius 2 is 2.19 bits per heavy atom. The van der Waals surface area contributed by atoms with Crippen molar-refractivity contribution in [3.63, 3.8) is 0 Å². The minimum absolute atomic E-state index is 0.0374. The molecule has 162 valence electrons. The zero-order valence-corrected chi connectivity index (χ0v) is 17.1. The molecule has 0 spiro atoms. The van der Waals surface area contributed by atoms with Gasteiger partial charge in [-0.2, -0.15) is 14.8 Å². The fourth-order valence-corrected chi connectivity index (χ4v) is 2.67. The average molecular weight is 426 g/mol. The summed E-state index contributed by atoms with van der Waals surface area (Å²) in [4.78, 5) is 41.2. The van der Waals surface area contributed by atoms with Crippen molar-refractivity contribution in [1.82, 2.24) is 19.9 Å². The van der Waals surface area contributed by atoms with Crippen LogP contribution < -0.4 is 10.2 Å². The molecule has 3 aromatic rings. The van der Waals surface area contributed by atoms with Crippen LogP contribution in [0.2, 0.25) is 0 Å². The molecule has 11 nitrogen and oxygen atoms in total. The van der Waals surface area contributed by atoms with Gasteiger partial charge in [-0.25, -0.2) is 4.79 Å². The molecule has 1 N–H and O–H groups in total. The third-order valence-electron chi connectivity index (χ3n) is 4.15. The molecule has 0 fully saturated rings. The Morgan fingerprint density at radius 1 is 1.35 bits per heavy atom. The van der Waals surface area contributed by atoms with E-state index in [1.807, 2.05) is 6.92 Å². The van der Waals surface area contributed by atoms with Gasteiger partial charge in [0.2, 0.25) is 24.0 Å². The van der Waals surface area contributed by atoms with E-state index >= 15 is 0 Å². The highest BCUT2D eigenvalue weighted by Gasteiger charge is 2.13. The standard InChI is InChI=1S/C20H22N6O5/c1-3-9-30-20(29)26-12-16(11-21-26)23-18(28)7-8-25(13-27)17-6-4-5-15(10-17)19-22-14(2)31-24-19/h4-6,10-13H,3,7-9H2,1-2H3,(H,23,28). The van der Waals surface area contributed by atoms with Crippen molar-refractivity contribution in [3.05, 3.63) is 42.5 Å². The van der Waals surface area contributed by atoms with E-state index in [1.165, 1.54) is 17.3 Å². The second-order valence-electron chi connectivity index (χ2n) is 6.57. The van der Waals surface area contributed by atoms with Gasteiger partial charge in [0.05, 0.1) is 24.7 Å². The fourth-order valence-electron chi connectivity index (χ4n) is 2.67. The van der Waals surface area contributed by atoms with Crippen molar-refractivity contribution in [1.29, 1.82) is 0 Å². The molecular formula is C20H22N6O5. The molecule has 0 bridgehead atoms. The van der Waals surface area contributed by atoms with Crippen LogP contribution in [0.15, 0.2) is 41.2 Å². The first kappa shape index (κ1) is 21.7. The summed E-state index contributed by atoms with van der Waals surface area (Å²) in [6, 6.07) is 7.04. The molecule has 31 heavy (non-hydrogen) atoms. The third-order valence-corrected chi connectivity index (χ3v) is 4.15. The molecule has 3 rings (SSSR count). The Hall–Kier alpha value is -4.02. The maximum atomic E-state index is 12.3. The number of nitrogens with zero attached hydrogens (tertiary/aromatic N) is 5. The number of hydrogen-bond donors (Lipinski definition) is 1. The van der Waals surface area contributed by atoms with Gasteiger partial charge < -0.3 is 19.5 Å². The summed E-state index contributed by atoms with van der Waals surface area (Å²) in [6.07, 6.45) is 3.47. The lowest BCUT2D eigenvalue weighted by molar-refractivity contribution is -0.116. The van der Waals surface area contributed by atoms with Crippen molar-refractivity contribution in [2.45, 2.75) is 26.7 Å². The molecule has 0 aliphatic carbocycles. The summed E-state index contributed by atoms with van der Waals surface area (Å²) < 4.78 is 11.0. The van der Waals surface area contributed by atoms with E-state index in [9.17, 15) is 14.4 Å². The van der Waals surface area contributed by atoms with Gasteiger partial charge in [0.1, 0.15) is 0 Å². The minimum atomic E-state index is -0.619. The van der Waals surface area contributed by atoms with Crippen LogP contribution in [0.25, 0.3) is 11.4 Å². The van der Waals surface area contributed by atoms with Crippen LogP contribution in [0.3, 0.4) is 0 Å². The number of carbonyl (C=O) groups excluding carboxylic acids is 3. The Labute approximate surface area is 178 Å². The van der Waals surface area contributed by atoms with E-state index in [2.05, 4.69) is 20.6 Å². The van der Waals surface area contributed by atoms with Gasteiger partial charge >= 0.3 is 6.09 Å². The Morgan fingerprint density at radius 3 is 2.90 bits per heavy atom. The lowest BCUT2D eigenvalue weighted by Gasteiger charge is -2.17. The van der Waals surface area contributed by atoms with Gasteiger partial charge in [-0.15, -0.1) is 0 Å². The lowest BCUT2D eigenvalue weighted by Crippen LogP contribution is -2.26. The number of aryl methyl sites for hydroxylation is 1. The second kappa shape index (κ2) is 10.1. The Kier molecular flexibility index (Phi) is 7.09. The highest BCUT2D eigenvalue weighted by atomic mass is 16.6. The number of nitrogens with one attached hydrogen (secondary N) is 1. The van der Waals surface area contributed by atoms with Gasteiger partial charge in [-0.3, -0.25) is 9.59 Å². The van der Waals surface area contributed by atoms with E-state index in [1.54, 1.807) is 31.2 Å². The van der Waals surface area contributed by atoms with Gasteiger partial charge in [0.25, 0.3) is 0 Å². The summed E-state index contributed by atoms with van der Waals surface area (Å²) in [5.41, 5.74) is 1.63. The summed E-state index contributed by atoms with van der Waals surface area (Å²) in [7, 11) is 0. The van der Waals surface area contributed by atoms with E-state index in [-0.39, 0.29) is 25.5 Å². The quantitative estimate of drug-likeness (QED) is 0.516. The maximum absolute atomic E-state index is 12.3. The van der Waals surface area contributed by atoms with E-state index in [0.717, 1.165) is 4.68 Å². The zero-order valence-electron chi connectivity index (χ0n) is 17.1. The van der Waals surface area contributed by atoms with Gasteiger partial charge in [-0.1, -0.05) is 24.2 Å². The number of anilines is 2. The van der Waals surface area contributed by atoms with E-state index in [4.69, 9.17) is 9.26 Å². The number of hydrogen-bond acceptors (Lipinski definition) is 8. The smallest absolute Gasteiger partial charge is 0.434 e. The lowest BCUT2D eigenvalue weighted by atomic mass is 10.1. The number of ether oxygens (including phenoxy) is 1. The number of rotatable bonds is 9. The van der Waals surface area contributed by atoms with Crippen molar-refractivity contribution < 1.29 is 23.6 Å². The van der Waals surface area contributed by atoms with Crippen molar-refractivity contribution in [3.8, 4) is 11.4 Å². The first-order valence-electron chi connectivity index (χ1n) is 9.64. The van der Waals surface area contributed by atoms with Crippen LogP contribution >= 0.6 is 0 Å². The predicted octanol–water partition coefficient (Wildman–Crippen LogP) is 2.63. The van der Waals surface area contributed by atoms with Gasteiger partial charge in [0, 0.05) is 31.1 Å². The monoisotopic (exact) mass is 426 g/mol. The molecule has 0 atom stereocenters. The molecule has 0 saturated heterocycles. The number of carbonyl (C=O) groups is 3. The number of amides is 2. The molecule has 0 saturated carbocycles. The Balaban J connectivity index is 1.57. The normalized spacial score (nSPS) is 10.5. The van der Waals surface area contributed by atoms with Crippen LogP contribution in [-0.2, 0) is 14.3 Å². The predicted molar refractivity (Wildman–Crippen MR) is 110 cm³/mol. The number of aromatic nitrogens is 4. The summed E-state index contributed by atoms with van der Waals surface area (Å²) >= 11 is 0. The zero-order chi connectivity index (χ0) is 22.2. The van der Waals surface area contributed by atoms with Crippen LogP contribution in [0.4, 0.5) is 16.2 Å². The van der Waals surface area contributed by atoms with E-state index in [0.29, 0.717) is 41.5 Å². The molecule has 0 radical (unpaired) electrons. The largest absolute Gasteiger partial charge is 0.448 e. The van der Waals surface area contributed by atoms with Crippen molar-refractivity contribution in [2.75, 3.05) is 23.4 Å². The molecular weight excluding hydrogens is 404 g/mol. The first-order valence-corrected chi connectivity index (χ1v) is 9.64. The van der Waals surface area contributed by atoms with Crippen LogP contribution in [0.5, 0.6) is 0 Å². The second-order valence-corrected chi connectivity index (χ2v) is 6.57. The minimum Gasteiger partial charge on any atom is -0.448 e. The topological polar surface area (TPSA) is 132 Å². The Bertz CT molecular complexity index is 1060. The molecule has 0 aliphatic rings. The highest BCUT2D eigenvalue weighted by molar-refractivity contribution is 5.91. The van der Waals surface area contributed by atoms with Crippen LogP contribution in [0.1, 0.15) is 25.7 Å². The molecule has 0 unspecified atom stereocenters. The van der Waals surface area contributed by atoms with Crippen LogP contribution in [0, 0.1) is 6.92 Å². The molecule has 2 heterocycles. The molecule has 1 aromatic carbocycles. The number of benzene rings is 1. The van der Waals surface area contributed by atoms with Crippen molar-refractivity contribution >= 4 is 29.8 Å². The van der Waals surface area contributed by atoms with E-state index < -0.39 is 6.09 Å². The third kappa shape index (κ3) is 5.75. The maximum Gasteiger partial charge on any atom is 0.434 e. The molecule has 2 amide bonds.